The van der Waals surface area contributed by atoms with Gasteiger partial charge in [-0.1, -0.05) is 120 Å². The van der Waals surface area contributed by atoms with Gasteiger partial charge in [-0.25, -0.2) is 4.99 Å². The number of aliphatic hydroxyl groups excluding tert-OH is 1. The van der Waals surface area contributed by atoms with E-state index in [1.807, 2.05) is 60.7 Å². The normalized spacial score (nSPS) is 19.9. The molecule has 0 saturated carbocycles. The number of aliphatic hydroxyl groups is 1. The molecule has 4 heteroatoms. The van der Waals surface area contributed by atoms with Crippen LogP contribution in [-0.4, -0.2) is 23.1 Å². The summed E-state index contributed by atoms with van der Waals surface area (Å²) in [6.07, 6.45) is 9.29. The molecule has 0 saturated heterocycles. The van der Waals surface area contributed by atoms with Crippen molar-refractivity contribution in [3.05, 3.63) is 124 Å². The van der Waals surface area contributed by atoms with Crippen molar-refractivity contribution in [2.75, 3.05) is 11.4 Å². The van der Waals surface area contributed by atoms with Gasteiger partial charge in [-0.2, -0.15) is 0 Å². The minimum absolute atomic E-state index is 0.0594. The molecule has 4 nitrogen and oxygen atoms in total. The number of fused-ring (bicyclic) bond motifs is 2. The molecule has 208 valence electrons. The fourth-order valence-corrected chi connectivity index (χ4v) is 6.46. The van der Waals surface area contributed by atoms with Crippen LogP contribution >= 0.6 is 0 Å². The third kappa shape index (κ3) is 4.65. The van der Waals surface area contributed by atoms with Crippen LogP contribution in [0.1, 0.15) is 76.0 Å². The SMILES string of the molecule is CCCCCCCCN1/C(=C\C2=C(O)C(=C3/C(c4ccccc4)=Nc4ccccc43)/C2=O)C(C)(C)c2ccccc21. The first-order valence-corrected chi connectivity index (χ1v) is 15.0. The lowest BCUT2D eigenvalue weighted by atomic mass is 9.78. The van der Waals surface area contributed by atoms with Crippen molar-refractivity contribution < 1.29 is 9.90 Å². The predicted molar refractivity (Wildman–Crippen MR) is 169 cm³/mol. The summed E-state index contributed by atoms with van der Waals surface area (Å²) < 4.78 is 0. The molecular formula is C37H38N2O2. The van der Waals surface area contributed by atoms with Gasteiger partial charge in [0.1, 0.15) is 5.76 Å². The van der Waals surface area contributed by atoms with Crippen LogP contribution in [0.3, 0.4) is 0 Å². The smallest absolute Gasteiger partial charge is 0.201 e. The summed E-state index contributed by atoms with van der Waals surface area (Å²) in [5, 5.41) is 11.5. The third-order valence-corrected chi connectivity index (χ3v) is 8.72. The first kappa shape index (κ1) is 27.0. The number of hydrogen-bond acceptors (Lipinski definition) is 4. The Labute approximate surface area is 243 Å². The summed E-state index contributed by atoms with van der Waals surface area (Å²) in [7, 11) is 0. The molecule has 3 aromatic carbocycles. The van der Waals surface area contributed by atoms with Crippen molar-refractivity contribution in [1.29, 1.82) is 0 Å². The summed E-state index contributed by atoms with van der Waals surface area (Å²) >= 11 is 0. The van der Waals surface area contributed by atoms with E-state index in [0.29, 0.717) is 16.7 Å². The topological polar surface area (TPSA) is 52.9 Å². The van der Waals surface area contributed by atoms with Crippen molar-refractivity contribution in [2.24, 2.45) is 4.99 Å². The largest absolute Gasteiger partial charge is 0.506 e. The van der Waals surface area contributed by atoms with Crippen LogP contribution in [0.25, 0.3) is 5.57 Å². The Morgan fingerprint density at radius 1 is 0.829 bits per heavy atom. The highest BCUT2D eigenvalue weighted by molar-refractivity contribution is 6.43. The van der Waals surface area contributed by atoms with Crippen molar-refractivity contribution in [2.45, 2.75) is 64.7 Å². The molecule has 0 fully saturated rings. The summed E-state index contributed by atoms with van der Waals surface area (Å²) in [5.74, 6) is -0.0688. The monoisotopic (exact) mass is 542 g/mol. The van der Waals surface area contributed by atoms with Crippen LogP contribution in [0.4, 0.5) is 11.4 Å². The maximum absolute atomic E-state index is 13.9. The van der Waals surface area contributed by atoms with Crippen LogP contribution < -0.4 is 4.90 Å². The first-order chi connectivity index (χ1) is 19.9. The lowest BCUT2D eigenvalue weighted by Gasteiger charge is -2.30. The second-order valence-electron chi connectivity index (χ2n) is 11.8. The molecule has 0 bridgehead atoms. The van der Waals surface area contributed by atoms with Gasteiger partial charge in [-0.15, -0.1) is 0 Å². The van der Waals surface area contributed by atoms with Gasteiger partial charge in [0, 0.05) is 40.0 Å². The highest BCUT2D eigenvalue weighted by Crippen LogP contribution is 2.50. The Bertz CT molecular complexity index is 1620. The van der Waals surface area contributed by atoms with Crippen molar-refractivity contribution in [3.63, 3.8) is 0 Å². The van der Waals surface area contributed by atoms with E-state index in [-0.39, 0.29) is 17.0 Å². The van der Waals surface area contributed by atoms with Crippen molar-refractivity contribution >= 4 is 28.4 Å². The van der Waals surface area contributed by atoms with E-state index in [4.69, 9.17) is 4.99 Å². The average molecular weight is 543 g/mol. The average Bonchev–Trinajstić information content (AvgIpc) is 3.46. The standard InChI is InChI=1S/C37H38N2O2/c1-4-5-6-7-8-16-23-39-30-22-15-13-20-28(30)37(2,3)31(39)24-27-35(40)33(36(27)41)32-26-19-12-14-21-29(26)38-34(32)25-17-10-9-11-18-25/h9-15,17-22,24,40H,4-8,16,23H2,1-3H3/b31-24-,33-32-. The molecule has 3 aromatic rings. The zero-order valence-electron chi connectivity index (χ0n) is 24.3. The molecule has 1 N–H and O–H groups in total. The molecule has 41 heavy (non-hydrogen) atoms. The van der Waals surface area contributed by atoms with Gasteiger partial charge in [-0.3, -0.25) is 4.79 Å². The Morgan fingerprint density at radius 3 is 2.29 bits per heavy atom. The molecular weight excluding hydrogens is 504 g/mol. The van der Waals surface area contributed by atoms with Gasteiger partial charge in [0.2, 0.25) is 5.78 Å². The third-order valence-electron chi connectivity index (χ3n) is 8.72. The minimum atomic E-state index is -0.286. The Hall–Kier alpha value is -4.18. The van der Waals surface area contributed by atoms with E-state index in [9.17, 15) is 9.90 Å². The second kappa shape index (κ2) is 11.0. The maximum Gasteiger partial charge on any atom is 0.201 e. The number of carbonyl (C=O) groups is 1. The molecule has 6 rings (SSSR count). The van der Waals surface area contributed by atoms with Crippen molar-refractivity contribution in [3.8, 4) is 0 Å². The minimum Gasteiger partial charge on any atom is -0.506 e. The molecule has 0 radical (unpaired) electrons. The lowest BCUT2D eigenvalue weighted by molar-refractivity contribution is -0.113. The highest BCUT2D eigenvalue weighted by Gasteiger charge is 2.44. The first-order valence-electron chi connectivity index (χ1n) is 15.0. The van der Waals surface area contributed by atoms with Gasteiger partial charge in [0.25, 0.3) is 0 Å². The van der Waals surface area contributed by atoms with Gasteiger partial charge in [0.05, 0.1) is 22.5 Å². The fraction of sp³-hybridized carbons (Fsp3) is 0.297. The van der Waals surface area contributed by atoms with E-state index in [2.05, 4.69) is 49.9 Å². The number of hydrogen-bond donors (Lipinski definition) is 1. The lowest BCUT2D eigenvalue weighted by Crippen LogP contribution is -2.30. The number of nitrogens with zero attached hydrogens (tertiary/aromatic N) is 2. The van der Waals surface area contributed by atoms with Crippen LogP contribution in [0.15, 0.2) is 113 Å². The van der Waals surface area contributed by atoms with E-state index in [1.54, 1.807) is 0 Å². The zero-order chi connectivity index (χ0) is 28.6. The molecule has 0 atom stereocenters. The predicted octanol–water partition coefficient (Wildman–Crippen LogP) is 9.01. The highest BCUT2D eigenvalue weighted by atomic mass is 16.3. The Morgan fingerprint density at radius 2 is 1.51 bits per heavy atom. The number of para-hydroxylation sites is 2. The number of rotatable bonds is 9. The number of ketones is 1. The molecule has 0 aromatic heterocycles. The van der Waals surface area contributed by atoms with Gasteiger partial charge >= 0.3 is 0 Å². The van der Waals surface area contributed by atoms with E-state index >= 15 is 0 Å². The van der Waals surface area contributed by atoms with Gasteiger partial charge in [-0.05, 0) is 30.2 Å². The zero-order valence-corrected chi connectivity index (χ0v) is 24.3. The molecule has 2 heterocycles. The van der Waals surface area contributed by atoms with Gasteiger partial charge in [0.15, 0.2) is 0 Å². The molecule has 1 aliphatic carbocycles. The molecule has 0 spiro atoms. The Balaban J connectivity index is 1.39. The summed E-state index contributed by atoms with van der Waals surface area (Å²) in [5.41, 5.74) is 8.05. The number of anilines is 1. The number of benzene rings is 3. The number of carbonyl (C=O) groups excluding carboxylic acids is 1. The molecule has 3 aliphatic rings. The second-order valence-corrected chi connectivity index (χ2v) is 11.8. The van der Waals surface area contributed by atoms with Crippen molar-refractivity contribution in [1.82, 2.24) is 0 Å². The molecule has 2 aliphatic heterocycles. The number of Topliss-reactive ketones (excluding diaryl/α,β-unsaturated/α-hetero) is 1. The summed E-state index contributed by atoms with van der Waals surface area (Å²) in [4.78, 5) is 21.1. The maximum atomic E-state index is 13.9. The van der Waals surface area contributed by atoms with E-state index in [0.717, 1.165) is 41.2 Å². The number of unbranched alkanes of at least 4 members (excludes halogenated alkanes) is 5. The summed E-state index contributed by atoms with van der Waals surface area (Å²) in [6.45, 7) is 7.57. The van der Waals surface area contributed by atoms with Crippen LogP contribution in [0, 0.1) is 0 Å². The van der Waals surface area contributed by atoms with Crippen LogP contribution in [0.2, 0.25) is 0 Å². The fourth-order valence-electron chi connectivity index (χ4n) is 6.46. The molecule has 0 amide bonds. The van der Waals surface area contributed by atoms with Crippen LogP contribution in [0.5, 0.6) is 0 Å². The van der Waals surface area contributed by atoms with Crippen LogP contribution in [-0.2, 0) is 10.2 Å². The molecule has 0 unspecified atom stereocenters. The number of aliphatic imine (C=N–C) groups is 1. The van der Waals surface area contributed by atoms with E-state index in [1.165, 1.54) is 43.4 Å². The quantitative estimate of drug-likeness (QED) is 0.217. The van der Waals surface area contributed by atoms with E-state index < -0.39 is 0 Å². The number of allylic oxidation sites excluding steroid dienone is 5. The van der Waals surface area contributed by atoms with Gasteiger partial charge < -0.3 is 10.0 Å². The summed E-state index contributed by atoms with van der Waals surface area (Å²) in [6, 6.07) is 26.3. The Kier molecular flexibility index (Phi) is 7.25.